The minimum Gasteiger partial charge on any atom is -0.369 e. The first-order chi connectivity index (χ1) is 13.5. The van der Waals surface area contributed by atoms with Crippen LogP contribution in [0.4, 0.5) is 11.4 Å². The number of piperazine rings is 1. The van der Waals surface area contributed by atoms with Gasteiger partial charge in [-0.3, -0.25) is 14.5 Å². The van der Waals surface area contributed by atoms with Gasteiger partial charge in [0.1, 0.15) is 0 Å². The van der Waals surface area contributed by atoms with Gasteiger partial charge in [-0.2, -0.15) is 0 Å². The van der Waals surface area contributed by atoms with Crippen molar-refractivity contribution in [1.82, 2.24) is 4.90 Å². The van der Waals surface area contributed by atoms with Crippen molar-refractivity contribution >= 4 is 34.8 Å². The van der Waals surface area contributed by atoms with E-state index in [4.69, 9.17) is 11.6 Å². The molecule has 2 aromatic carbocycles. The van der Waals surface area contributed by atoms with Crippen LogP contribution in [-0.4, -0.2) is 48.9 Å². The summed E-state index contributed by atoms with van der Waals surface area (Å²) in [4.78, 5) is 31.3. The molecule has 2 saturated heterocycles. The van der Waals surface area contributed by atoms with Crippen LogP contribution >= 0.6 is 11.6 Å². The van der Waals surface area contributed by atoms with Crippen LogP contribution in [0.5, 0.6) is 0 Å². The largest absolute Gasteiger partial charge is 0.369 e. The van der Waals surface area contributed by atoms with Gasteiger partial charge < -0.3 is 4.90 Å². The van der Waals surface area contributed by atoms with Gasteiger partial charge in [-0.1, -0.05) is 23.7 Å². The summed E-state index contributed by atoms with van der Waals surface area (Å²) in [5.41, 5.74) is 4.44. The normalized spacial score (nSPS) is 20.9. The van der Waals surface area contributed by atoms with E-state index in [2.05, 4.69) is 41.8 Å². The highest BCUT2D eigenvalue weighted by molar-refractivity contribution is 6.30. The third kappa shape index (κ3) is 3.40. The highest BCUT2D eigenvalue weighted by Crippen LogP contribution is 2.29. The summed E-state index contributed by atoms with van der Waals surface area (Å²) in [6.45, 7) is 7.52. The van der Waals surface area contributed by atoms with Crippen LogP contribution in [0.15, 0.2) is 42.5 Å². The molecular weight excluding hydrogens is 374 g/mol. The van der Waals surface area contributed by atoms with Crippen molar-refractivity contribution in [2.45, 2.75) is 26.3 Å². The molecule has 2 aliphatic rings. The van der Waals surface area contributed by atoms with Crippen molar-refractivity contribution in [3.8, 4) is 0 Å². The number of anilines is 2. The summed E-state index contributed by atoms with van der Waals surface area (Å²) in [6.07, 6.45) is 0.241. The number of rotatable bonds is 3. The standard InChI is InChI=1S/C22H24ClN3O2/c1-15-4-3-5-19(16(15)2)24-10-12-25(13-11-24)20-14-21(27)26(22(20)28)18-8-6-17(23)7-9-18/h3-9,20H,10-14H2,1-2H3/t20-/m0/s1. The number of benzene rings is 2. The minimum atomic E-state index is -0.371. The number of amides is 2. The van der Waals surface area contributed by atoms with Gasteiger partial charge in [0.2, 0.25) is 5.91 Å². The second kappa shape index (κ2) is 7.57. The van der Waals surface area contributed by atoms with Gasteiger partial charge >= 0.3 is 0 Å². The Morgan fingerprint density at radius 2 is 1.61 bits per heavy atom. The molecule has 2 heterocycles. The Labute approximate surface area is 170 Å². The van der Waals surface area contributed by atoms with Crippen molar-refractivity contribution in [2.75, 3.05) is 36.0 Å². The molecule has 0 unspecified atom stereocenters. The first-order valence-electron chi connectivity index (χ1n) is 9.63. The van der Waals surface area contributed by atoms with Gasteiger partial charge in [-0.05, 0) is 55.3 Å². The first kappa shape index (κ1) is 19.0. The van der Waals surface area contributed by atoms with Gasteiger partial charge in [0.25, 0.3) is 5.91 Å². The van der Waals surface area contributed by atoms with Crippen molar-refractivity contribution < 1.29 is 9.59 Å². The maximum atomic E-state index is 13.0. The quantitative estimate of drug-likeness (QED) is 0.744. The lowest BCUT2D eigenvalue weighted by atomic mass is 10.1. The molecule has 2 aliphatic heterocycles. The van der Waals surface area contributed by atoms with E-state index in [1.807, 2.05) is 0 Å². The monoisotopic (exact) mass is 397 g/mol. The molecule has 2 aromatic rings. The topological polar surface area (TPSA) is 43.9 Å². The second-order valence-corrected chi connectivity index (χ2v) is 7.94. The van der Waals surface area contributed by atoms with Crippen LogP contribution in [0.25, 0.3) is 0 Å². The summed E-state index contributed by atoms with van der Waals surface area (Å²) < 4.78 is 0. The number of halogens is 1. The van der Waals surface area contributed by atoms with Crippen LogP contribution in [0.3, 0.4) is 0 Å². The van der Waals surface area contributed by atoms with Gasteiger partial charge in [0.05, 0.1) is 18.2 Å². The van der Waals surface area contributed by atoms with E-state index in [9.17, 15) is 9.59 Å². The SMILES string of the molecule is Cc1cccc(N2CCN([C@H]3CC(=O)N(c4ccc(Cl)cc4)C3=O)CC2)c1C. The number of hydrogen-bond acceptors (Lipinski definition) is 4. The Bertz CT molecular complexity index is 904. The first-order valence-corrected chi connectivity index (χ1v) is 10.0. The molecule has 0 bridgehead atoms. The number of hydrogen-bond donors (Lipinski definition) is 0. The fraction of sp³-hybridized carbons (Fsp3) is 0.364. The molecule has 28 heavy (non-hydrogen) atoms. The highest BCUT2D eigenvalue weighted by atomic mass is 35.5. The van der Waals surface area contributed by atoms with E-state index in [1.54, 1.807) is 24.3 Å². The van der Waals surface area contributed by atoms with Crippen LogP contribution in [-0.2, 0) is 9.59 Å². The summed E-state index contributed by atoms with van der Waals surface area (Å²) in [5, 5.41) is 0.585. The molecule has 0 spiro atoms. The van der Waals surface area contributed by atoms with E-state index in [1.165, 1.54) is 21.7 Å². The Morgan fingerprint density at radius 3 is 2.29 bits per heavy atom. The van der Waals surface area contributed by atoms with Crippen molar-refractivity contribution in [2.24, 2.45) is 0 Å². The molecule has 0 N–H and O–H groups in total. The van der Waals surface area contributed by atoms with Crippen molar-refractivity contribution in [1.29, 1.82) is 0 Å². The average Bonchev–Trinajstić information content (AvgIpc) is 2.99. The minimum absolute atomic E-state index is 0.132. The number of carbonyl (C=O) groups is 2. The zero-order valence-corrected chi connectivity index (χ0v) is 16.9. The molecule has 5 nitrogen and oxygen atoms in total. The number of aryl methyl sites for hydroxylation is 1. The van der Waals surface area contributed by atoms with Crippen LogP contribution in [0.2, 0.25) is 5.02 Å². The van der Waals surface area contributed by atoms with Gasteiger partial charge in [-0.15, -0.1) is 0 Å². The van der Waals surface area contributed by atoms with Crippen LogP contribution in [0, 0.1) is 13.8 Å². The zero-order chi connectivity index (χ0) is 19.8. The molecule has 6 heteroatoms. The second-order valence-electron chi connectivity index (χ2n) is 7.51. The smallest absolute Gasteiger partial charge is 0.251 e. The zero-order valence-electron chi connectivity index (χ0n) is 16.2. The van der Waals surface area contributed by atoms with E-state index < -0.39 is 0 Å². The number of nitrogens with zero attached hydrogens (tertiary/aromatic N) is 3. The third-order valence-electron chi connectivity index (χ3n) is 5.88. The van der Waals surface area contributed by atoms with Gasteiger partial charge in [0, 0.05) is 36.9 Å². The van der Waals surface area contributed by atoms with E-state index in [-0.39, 0.29) is 24.3 Å². The predicted octanol–water partition coefficient (Wildman–Crippen LogP) is 3.41. The lowest BCUT2D eigenvalue weighted by molar-refractivity contribution is -0.123. The molecule has 1 atom stereocenters. The van der Waals surface area contributed by atoms with Gasteiger partial charge in [0.15, 0.2) is 0 Å². The fourth-order valence-corrected chi connectivity index (χ4v) is 4.24. The van der Waals surface area contributed by atoms with E-state index >= 15 is 0 Å². The molecule has 146 valence electrons. The molecular formula is C22H24ClN3O2. The molecule has 0 saturated carbocycles. The summed E-state index contributed by atoms with van der Waals surface area (Å²) in [6, 6.07) is 12.9. The molecule has 2 fully saturated rings. The fourth-order valence-electron chi connectivity index (χ4n) is 4.12. The van der Waals surface area contributed by atoms with E-state index in [0.717, 1.165) is 26.2 Å². The summed E-state index contributed by atoms with van der Waals surface area (Å²) in [7, 11) is 0. The lowest BCUT2D eigenvalue weighted by Gasteiger charge is -2.38. The summed E-state index contributed by atoms with van der Waals surface area (Å²) in [5.74, 6) is -0.276. The number of carbonyl (C=O) groups excluding carboxylic acids is 2. The van der Waals surface area contributed by atoms with Gasteiger partial charge in [-0.25, -0.2) is 4.90 Å². The molecule has 0 aromatic heterocycles. The summed E-state index contributed by atoms with van der Waals surface area (Å²) >= 11 is 5.93. The highest BCUT2D eigenvalue weighted by Gasteiger charge is 2.43. The van der Waals surface area contributed by atoms with Crippen LogP contribution in [0.1, 0.15) is 17.5 Å². The Balaban J connectivity index is 1.45. The van der Waals surface area contributed by atoms with Crippen LogP contribution < -0.4 is 9.80 Å². The Hall–Kier alpha value is -2.37. The predicted molar refractivity (Wildman–Crippen MR) is 112 cm³/mol. The molecule has 0 aliphatic carbocycles. The lowest BCUT2D eigenvalue weighted by Crippen LogP contribution is -2.52. The molecule has 2 amide bonds. The maximum Gasteiger partial charge on any atom is 0.251 e. The molecule has 4 rings (SSSR count). The third-order valence-corrected chi connectivity index (χ3v) is 6.13. The maximum absolute atomic E-state index is 13.0. The van der Waals surface area contributed by atoms with E-state index in [0.29, 0.717) is 10.7 Å². The Kier molecular flexibility index (Phi) is 5.13. The Morgan fingerprint density at radius 1 is 0.929 bits per heavy atom. The average molecular weight is 398 g/mol. The molecule has 0 radical (unpaired) electrons. The van der Waals surface area contributed by atoms with Crippen molar-refractivity contribution in [3.05, 3.63) is 58.6 Å². The van der Waals surface area contributed by atoms with Crippen molar-refractivity contribution in [3.63, 3.8) is 0 Å². The number of imide groups is 1.